The van der Waals surface area contributed by atoms with Crippen molar-refractivity contribution in [2.24, 2.45) is 0 Å². The lowest BCUT2D eigenvalue weighted by Crippen LogP contribution is -2.38. The summed E-state index contributed by atoms with van der Waals surface area (Å²) < 4.78 is 0. The molecule has 2 fully saturated rings. The van der Waals surface area contributed by atoms with Crippen molar-refractivity contribution in [3.8, 4) is 12.3 Å². The summed E-state index contributed by atoms with van der Waals surface area (Å²) in [4.78, 5) is 14.1. The summed E-state index contributed by atoms with van der Waals surface area (Å²) in [5.74, 6) is 2.93. The van der Waals surface area contributed by atoms with E-state index in [1.807, 2.05) is 4.90 Å². The molecule has 0 aromatic carbocycles. The smallest absolute Gasteiger partial charge is 0.222 e. The van der Waals surface area contributed by atoms with E-state index in [1.165, 1.54) is 12.8 Å². The molecular weight excluding hydrogens is 212 g/mol. The van der Waals surface area contributed by atoms with Crippen LogP contribution in [0.1, 0.15) is 44.9 Å². The number of carbonyl (C=O) groups is 1. The molecule has 2 aliphatic rings. The largest absolute Gasteiger partial charge is 0.341 e. The second-order valence-electron chi connectivity index (χ2n) is 5.18. The van der Waals surface area contributed by atoms with Gasteiger partial charge in [0.1, 0.15) is 0 Å². The van der Waals surface area contributed by atoms with Crippen molar-refractivity contribution in [2.75, 3.05) is 13.1 Å². The van der Waals surface area contributed by atoms with Crippen LogP contribution in [0.3, 0.4) is 0 Å². The van der Waals surface area contributed by atoms with Gasteiger partial charge < -0.3 is 10.2 Å². The number of carbonyl (C=O) groups excluding carboxylic acids is 1. The van der Waals surface area contributed by atoms with Crippen LogP contribution < -0.4 is 5.32 Å². The zero-order valence-electron chi connectivity index (χ0n) is 10.5. The second-order valence-corrected chi connectivity index (χ2v) is 5.18. The first-order chi connectivity index (χ1) is 8.29. The molecule has 0 aromatic heterocycles. The first-order valence-corrected chi connectivity index (χ1v) is 6.77. The molecule has 0 saturated carbocycles. The number of unbranched alkanes of at least 4 members (excludes halogenated alkanes) is 2. The molecule has 2 bridgehead atoms. The molecule has 3 heteroatoms. The number of nitrogens with one attached hydrogen (secondary N) is 1. The molecule has 3 nitrogen and oxygen atoms in total. The van der Waals surface area contributed by atoms with Crippen LogP contribution in [0.2, 0.25) is 0 Å². The lowest BCUT2D eigenvalue weighted by molar-refractivity contribution is -0.131. The monoisotopic (exact) mass is 234 g/mol. The fourth-order valence-electron chi connectivity index (χ4n) is 2.83. The quantitative estimate of drug-likeness (QED) is 0.591. The van der Waals surface area contributed by atoms with E-state index < -0.39 is 0 Å². The zero-order valence-corrected chi connectivity index (χ0v) is 10.5. The van der Waals surface area contributed by atoms with Crippen molar-refractivity contribution < 1.29 is 4.79 Å². The Morgan fingerprint density at radius 2 is 2.12 bits per heavy atom. The van der Waals surface area contributed by atoms with Crippen LogP contribution in [-0.2, 0) is 4.79 Å². The first kappa shape index (κ1) is 12.4. The number of hydrogen-bond acceptors (Lipinski definition) is 2. The van der Waals surface area contributed by atoms with E-state index in [9.17, 15) is 4.79 Å². The van der Waals surface area contributed by atoms with Crippen LogP contribution in [-0.4, -0.2) is 36.0 Å². The summed E-state index contributed by atoms with van der Waals surface area (Å²) in [6, 6.07) is 1.19. The van der Waals surface area contributed by atoms with Crippen molar-refractivity contribution in [3.63, 3.8) is 0 Å². The van der Waals surface area contributed by atoms with Crippen LogP contribution in [0, 0.1) is 12.3 Å². The SMILES string of the molecule is C#CCCCCC(=O)N1CCC2CCC(C1)N2. The van der Waals surface area contributed by atoms with Crippen molar-refractivity contribution in [1.82, 2.24) is 10.2 Å². The summed E-state index contributed by atoms with van der Waals surface area (Å²) in [6.07, 6.45) is 12.2. The molecule has 1 amide bonds. The topological polar surface area (TPSA) is 32.3 Å². The maximum absolute atomic E-state index is 12.0. The highest BCUT2D eigenvalue weighted by molar-refractivity contribution is 5.76. The first-order valence-electron chi connectivity index (χ1n) is 6.77. The third kappa shape index (κ3) is 3.47. The molecular formula is C14H22N2O. The van der Waals surface area contributed by atoms with E-state index in [-0.39, 0.29) is 0 Å². The molecule has 94 valence electrons. The van der Waals surface area contributed by atoms with Crippen LogP contribution in [0.25, 0.3) is 0 Å². The average molecular weight is 234 g/mol. The Bertz CT molecular complexity index is 308. The molecule has 2 rings (SSSR count). The number of hydrogen-bond donors (Lipinski definition) is 1. The Morgan fingerprint density at radius 3 is 2.94 bits per heavy atom. The second kappa shape index (κ2) is 6.07. The minimum atomic E-state index is 0.316. The fraction of sp³-hybridized carbons (Fsp3) is 0.786. The van der Waals surface area contributed by atoms with Gasteiger partial charge in [0.15, 0.2) is 0 Å². The number of amides is 1. The van der Waals surface area contributed by atoms with Gasteiger partial charge in [-0.3, -0.25) is 4.79 Å². The summed E-state index contributed by atoms with van der Waals surface area (Å²) in [6.45, 7) is 1.84. The normalized spacial score (nSPS) is 27.6. The Labute approximate surface area is 104 Å². The number of terminal acetylenes is 1. The van der Waals surface area contributed by atoms with E-state index in [0.29, 0.717) is 24.4 Å². The van der Waals surface area contributed by atoms with E-state index in [2.05, 4.69) is 11.2 Å². The van der Waals surface area contributed by atoms with Gasteiger partial charge in [0.25, 0.3) is 0 Å². The number of rotatable bonds is 4. The molecule has 2 atom stereocenters. The molecule has 2 saturated heterocycles. The predicted molar refractivity (Wildman–Crippen MR) is 68.4 cm³/mol. The molecule has 0 aliphatic carbocycles. The van der Waals surface area contributed by atoms with Gasteiger partial charge >= 0.3 is 0 Å². The molecule has 0 spiro atoms. The van der Waals surface area contributed by atoms with Crippen LogP contribution >= 0.6 is 0 Å². The summed E-state index contributed by atoms with van der Waals surface area (Å²) >= 11 is 0. The summed E-state index contributed by atoms with van der Waals surface area (Å²) in [5, 5.41) is 3.59. The van der Waals surface area contributed by atoms with Gasteiger partial charge in [-0.1, -0.05) is 0 Å². The molecule has 0 radical (unpaired) electrons. The highest BCUT2D eigenvalue weighted by Crippen LogP contribution is 2.21. The minimum absolute atomic E-state index is 0.316. The van der Waals surface area contributed by atoms with Crippen LogP contribution in [0.4, 0.5) is 0 Å². The molecule has 0 aromatic rings. The van der Waals surface area contributed by atoms with Gasteiger partial charge in [-0.15, -0.1) is 12.3 Å². The van der Waals surface area contributed by atoms with Gasteiger partial charge in [-0.05, 0) is 32.1 Å². The number of nitrogens with zero attached hydrogens (tertiary/aromatic N) is 1. The summed E-state index contributed by atoms with van der Waals surface area (Å²) in [7, 11) is 0. The molecule has 2 aliphatic heterocycles. The predicted octanol–water partition coefficient (Wildman–Crippen LogP) is 1.53. The van der Waals surface area contributed by atoms with Gasteiger partial charge in [0, 0.05) is 38.0 Å². The Morgan fingerprint density at radius 1 is 1.29 bits per heavy atom. The maximum Gasteiger partial charge on any atom is 0.222 e. The van der Waals surface area contributed by atoms with Crippen molar-refractivity contribution >= 4 is 5.91 Å². The van der Waals surface area contributed by atoms with Crippen LogP contribution in [0.5, 0.6) is 0 Å². The Hall–Kier alpha value is -1.01. The van der Waals surface area contributed by atoms with Crippen molar-refractivity contribution in [1.29, 1.82) is 0 Å². The molecule has 1 N–H and O–H groups in total. The van der Waals surface area contributed by atoms with Gasteiger partial charge in [0.05, 0.1) is 0 Å². The van der Waals surface area contributed by atoms with E-state index in [0.717, 1.165) is 38.8 Å². The lowest BCUT2D eigenvalue weighted by atomic mass is 10.1. The lowest BCUT2D eigenvalue weighted by Gasteiger charge is -2.24. The minimum Gasteiger partial charge on any atom is -0.341 e. The van der Waals surface area contributed by atoms with E-state index in [1.54, 1.807) is 0 Å². The Kier molecular flexibility index (Phi) is 4.44. The van der Waals surface area contributed by atoms with Crippen molar-refractivity contribution in [3.05, 3.63) is 0 Å². The van der Waals surface area contributed by atoms with E-state index in [4.69, 9.17) is 6.42 Å². The van der Waals surface area contributed by atoms with Crippen molar-refractivity contribution in [2.45, 2.75) is 57.0 Å². The Balaban J connectivity index is 1.73. The molecule has 17 heavy (non-hydrogen) atoms. The van der Waals surface area contributed by atoms with Gasteiger partial charge in [0.2, 0.25) is 5.91 Å². The highest BCUT2D eigenvalue weighted by atomic mass is 16.2. The molecule has 2 unspecified atom stereocenters. The zero-order chi connectivity index (χ0) is 12.1. The maximum atomic E-state index is 12.0. The molecule has 2 heterocycles. The van der Waals surface area contributed by atoms with Gasteiger partial charge in [-0.2, -0.15) is 0 Å². The van der Waals surface area contributed by atoms with E-state index >= 15 is 0 Å². The third-order valence-electron chi connectivity index (χ3n) is 3.84. The number of likely N-dealkylation sites (tertiary alicyclic amines) is 1. The summed E-state index contributed by atoms with van der Waals surface area (Å²) in [5.41, 5.74) is 0. The van der Waals surface area contributed by atoms with Gasteiger partial charge in [-0.25, -0.2) is 0 Å². The fourth-order valence-corrected chi connectivity index (χ4v) is 2.83. The average Bonchev–Trinajstić information content (AvgIpc) is 2.64. The standard InChI is InChI=1S/C14H22N2O/c1-2-3-4-5-6-14(17)16-10-9-12-7-8-13(11-16)15-12/h1,12-13,15H,3-11H2. The third-order valence-corrected chi connectivity index (χ3v) is 3.84. The highest BCUT2D eigenvalue weighted by Gasteiger charge is 2.30. The number of fused-ring (bicyclic) bond motifs is 2. The van der Waals surface area contributed by atoms with Crippen LogP contribution in [0.15, 0.2) is 0 Å².